The number of benzene rings is 1. The van der Waals surface area contributed by atoms with Crippen molar-refractivity contribution in [1.82, 2.24) is 4.90 Å². The average Bonchev–Trinajstić information content (AvgIpc) is 3.12. The zero-order valence-electron chi connectivity index (χ0n) is 13.0. The summed E-state index contributed by atoms with van der Waals surface area (Å²) in [4.78, 5) is 27.9. The number of ether oxygens (including phenoxy) is 1. The molecule has 0 radical (unpaired) electrons. The third-order valence-corrected chi connectivity index (χ3v) is 6.08. The van der Waals surface area contributed by atoms with Crippen LogP contribution in [0.4, 0.5) is 5.69 Å². The Morgan fingerprint density at radius 1 is 1.35 bits per heavy atom. The van der Waals surface area contributed by atoms with Gasteiger partial charge < -0.3 is 10.1 Å². The summed E-state index contributed by atoms with van der Waals surface area (Å²) in [6, 6.07) is 7.98. The van der Waals surface area contributed by atoms with Crippen LogP contribution in [0, 0.1) is 5.92 Å². The highest BCUT2D eigenvalue weighted by Crippen LogP contribution is 2.59. The van der Waals surface area contributed by atoms with Crippen molar-refractivity contribution < 1.29 is 14.3 Å². The number of methoxy groups -OCH3 is 1. The van der Waals surface area contributed by atoms with Crippen molar-refractivity contribution in [2.45, 2.75) is 24.3 Å². The molecule has 5 rings (SSSR count). The summed E-state index contributed by atoms with van der Waals surface area (Å²) >= 11 is 0. The molecule has 1 spiro atoms. The van der Waals surface area contributed by atoms with E-state index in [9.17, 15) is 9.59 Å². The molecule has 3 atom stereocenters. The molecule has 1 aromatic carbocycles. The Balaban J connectivity index is 1.85. The van der Waals surface area contributed by atoms with Gasteiger partial charge in [0.25, 0.3) is 0 Å². The van der Waals surface area contributed by atoms with Crippen molar-refractivity contribution in [3.05, 3.63) is 41.1 Å². The van der Waals surface area contributed by atoms with Crippen LogP contribution in [0.1, 0.15) is 18.4 Å². The van der Waals surface area contributed by atoms with Crippen LogP contribution in [-0.4, -0.2) is 42.9 Å². The fraction of sp³-hybridized carbons (Fsp3) is 0.444. The van der Waals surface area contributed by atoms with Crippen molar-refractivity contribution in [3.8, 4) is 0 Å². The van der Waals surface area contributed by atoms with Gasteiger partial charge in [0.2, 0.25) is 0 Å². The number of esters is 1. The van der Waals surface area contributed by atoms with E-state index in [0.29, 0.717) is 12.0 Å². The van der Waals surface area contributed by atoms with Crippen molar-refractivity contribution in [3.63, 3.8) is 0 Å². The number of hydrogen-bond donors (Lipinski definition) is 1. The molecule has 1 N–H and O–H groups in total. The number of rotatable bonds is 1. The van der Waals surface area contributed by atoms with E-state index in [1.807, 2.05) is 18.2 Å². The van der Waals surface area contributed by atoms with Gasteiger partial charge in [-0.3, -0.25) is 9.69 Å². The van der Waals surface area contributed by atoms with Crippen molar-refractivity contribution in [2.75, 3.05) is 25.5 Å². The highest BCUT2D eigenvalue weighted by atomic mass is 16.5. The van der Waals surface area contributed by atoms with E-state index in [-0.39, 0.29) is 23.7 Å². The van der Waals surface area contributed by atoms with Gasteiger partial charge in [0.1, 0.15) is 0 Å². The van der Waals surface area contributed by atoms with E-state index < -0.39 is 5.41 Å². The number of carbonyl (C=O) groups excluding carboxylic acids is 2. The Bertz CT molecular complexity index is 784. The average molecular weight is 310 g/mol. The number of ketones is 1. The summed E-state index contributed by atoms with van der Waals surface area (Å²) in [7, 11) is 1.39. The molecule has 2 saturated heterocycles. The summed E-state index contributed by atoms with van der Waals surface area (Å²) < 4.78 is 5.04. The molecule has 5 heteroatoms. The molecule has 1 aromatic rings. The summed E-state index contributed by atoms with van der Waals surface area (Å²) in [5, 5.41) is 3.47. The summed E-state index contributed by atoms with van der Waals surface area (Å²) in [6.45, 7) is 1.77. The monoisotopic (exact) mass is 310 g/mol. The largest absolute Gasteiger partial charge is 0.466 e. The van der Waals surface area contributed by atoms with E-state index in [1.165, 1.54) is 7.11 Å². The molecule has 1 aliphatic carbocycles. The maximum atomic E-state index is 13.1. The minimum atomic E-state index is -0.395. The molecule has 0 saturated carbocycles. The topological polar surface area (TPSA) is 58.6 Å². The van der Waals surface area contributed by atoms with Crippen LogP contribution in [0.15, 0.2) is 35.5 Å². The normalized spacial score (nSPS) is 34.0. The third-order valence-electron chi connectivity index (χ3n) is 6.08. The number of para-hydroxylation sites is 1. The molecule has 118 valence electrons. The van der Waals surface area contributed by atoms with Crippen molar-refractivity contribution in [2.24, 2.45) is 5.92 Å². The van der Waals surface area contributed by atoms with Gasteiger partial charge in [-0.1, -0.05) is 18.2 Å². The second kappa shape index (κ2) is 4.23. The van der Waals surface area contributed by atoms with Crippen LogP contribution in [0.5, 0.6) is 0 Å². The van der Waals surface area contributed by atoms with E-state index >= 15 is 0 Å². The molecular formula is C18H18N2O3. The molecule has 0 amide bonds. The van der Waals surface area contributed by atoms with Crippen LogP contribution in [0.25, 0.3) is 0 Å². The van der Waals surface area contributed by atoms with Crippen molar-refractivity contribution in [1.29, 1.82) is 0 Å². The first-order chi connectivity index (χ1) is 11.2. The van der Waals surface area contributed by atoms with Crippen molar-refractivity contribution >= 4 is 17.4 Å². The van der Waals surface area contributed by atoms with Crippen LogP contribution in [-0.2, 0) is 19.7 Å². The van der Waals surface area contributed by atoms with Gasteiger partial charge in [-0.15, -0.1) is 0 Å². The summed E-state index contributed by atoms with van der Waals surface area (Å²) in [5.41, 5.74) is 3.26. The fourth-order valence-corrected chi connectivity index (χ4v) is 5.22. The zero-order chi connectivity index (χ0) is 15.8. The quantitative estimate of drug-likeness (QED) is 0.796. The minimum absolute atomic E-state index is 0.138. The Hall–Kier alpha value is -2.14. The van der Waals surface area contributed by atoms with Crippen LogP contribution >= 0.6 is 0 Å². The number of nitrogens with one attached hydrogen (secondary N) is 1. The SMILES string of the molecule is COC(=O)C1=C2Nc3ccccc3[C@]23CCN2CC[C@H]1C(=O)[C@@H]23. The van der Waals surface area contributed by atoms with Gasteiger partial charge in [0.15, 0.2) is 5.78 Å². The lowest BCUT2D eigenvalue weighted by atomic mass is 9.62. The number of piperidine rings is 1. The maximum Gasteiger partial charge on any atom is 0.336 e. The molecule has 3 heterocycles. The molecular weight excluding hydrogens is 292 g/mol. The summed E-state index contributed by atoms with van der Waals surface area (Å²) in [6.07, 6.45) is 1.58. The molecule has 5 nitrogen and oxygen atoms in total. The molecule has 2 fully saturated rings. The number of nitrogens with zero attached hydrogens (tertiary/aromatic N) is 1. The van der Waals surface area contributed by atoms with Gasteiger partial charge in [-0.05, 0) is 31.0 Å². The minimum Gasteiger partial charge on any atom is -0.466 e. The van der Waals surface area contributed by atoms with E-state index in [4.69, 9.17) is 4.74 Å². The Labute approximate surface area is 134 Å². The number of Topliss-reactive ketones (excluding diaryl/α,β-unsaturated/α-hetero) is 1. The third kappa shape index (κ3) is 1.38. The van der Waals surface area contributed by atoms with Crippen LogP contribution < -0.4 is 5.32 Å². The standard InChI is InChI=1S/C18H18N2O3/c1-23-17(22)13-10-6-8-20-9-7-18(16(20)14(10)21)11-4-2-3-5-12(11)19-15(13)18/h2-5,10,16,19H,6-9H2,1H3/t10-,16-,18-/m1/s1. The molecule has 2 bridgehead atoms. The van der Waals surface area contributed by atoms with Gasteiger partial charge in [-0.2, -0.15) is 0 Å². The zero-order valence-corrected chi connectivity index (χ0v) is 13.0. The van der Waals surface area contributed by atoms with Gasteiger partial charge >= 0.3 is 5.97 Å². The predicted molar refractivity (Wildman–Crippen MR) is 83.9 cm³/mol. The number of anilines is 1. The number of fused-ring (bicyclic) bond motifs is 2. The lowest BCUT2D eigenvalue weighted by Crippen LogP contribution is -2.59. The van der Waals surface area contributed by atoms with Crippen LogP contribution in [0.3, 0.4) is 0 Å². The molecule has 3 aliphatic heterocycles. The Morgan fingerprint density at radius 2 is 2.17 bits per heavy atom. The number of carbonyl (C=O) groups is 2. The number of hydrogen-bond acceptors (Lipinski definition) is 5. The fourth-order valence-electron chi connectivity index (χ4n) is 5.22. The highest BCUT2D eigenvalue weighted by Gasteiger charge is 2.65. The smallest absolute Gasteiger partial charge is 0.336 e. The first-order valence-electron chi connectivity index (χ1n) is 8.16. The van der Waals surface area contributed by atoms with Gasteiger partial charge in [0.05, 0.1) is 30.1 Å². The van der Waals surface area contributed by atoms with Gasteiger partial charge in [-0.25, -0.2) is 4.79 Å². The first-order valence-corrected chi connectivity index (χ1v) is 8.16. The highest BCUT2D eigenvalue weighted by molar-refractivity contribution is 6.06. The second-order valence-corrected chi connectivity index (χ2v) is 6.85. The molecule has 23 heavy (non-hydrogen) atoms. The van der Waals surface area contributed by atoms with E-state index in [0.717, 1.165) is 36.5 Å². The second-order valence-electron chi connectivity index (χ2n) is 6.85. The lowest BCUT2D eigenvalue weighted by molar-refractivity contribution is -0.141. The Kier molecular flexibility index (Phi) is 2.45. The summed E-state index contributed by atoms with van der Waals surface area (Å²) in [5.74, 6) is -0.500. The Morgan fingerprint density at radius 3 is 3.00 bits per heavy atom. The van der Waals surface area contributed by atoms with Gasteiger partial charge in [0, 0.05) is 17.9 Å². The molecule has 0 aromatic heterocycles. The lowest BCUT2D eigenvalue weighted by Gasteiger charge is -2.45. The van der Waals surface area contributed by atoms with E-state index in [1.54, 1.807) is 0 Å². The maximum absolute atomic E-state index is 13.1. The first kappa shape index (κ1) is 13.3. The predicted octanol–water partition coefficient (Wildman–Crippen LogP) is 1.45. The van der Waals surface area contributed by atoms with Crippen LogP contribution in [0.2, 0.25) is 0 Å². The van der Waals surface area contributed by atoms with E-state index in [2.05, 4.69) is 16.3 Å². The molecule has 0 unspecified atom stereocenters. The molecule has 4 aliphatic rings.